The van der Waals surface area contributed by atoms with Crippen LogP contribution in [-0.2, 0) is 11.2 Å². The zero-order valence-electron chi connectivity index (χ0n) is 9.56. The molecule has 0 aliphatic heterocycles. The van der Waals surface area contributed by atoms with E-state index in [4.69, 9.17) is 5.11 Å². The molecule has 0 aliphatic carbocycles. The largest absolute Gasteiger partial charge is 0.481 e. The van der Waals surface area contributed by atoms with Gasteiger partial charge in [0, 0.05) is 30.9 Å². The molecule has 0 aliphatic rings. The molecule has 0 aromatic carbocycles. The molecule has 1 heterocycles. The fourth-order valence-corrected chi connectivity index (χ4v) is 1.83. The van der Waals surface area contributed by atoms with Crippen LogP contribution >= 0.6 is 11.5 Å². The molecule has 2 N–H and O–H groups in total. The molecule has 0 bridgehead atoms. The fourth-order valence-electron chi connectivity index (χ4n) is 1.21. The minimum Gasteiger partial charge on any atom is -0.481 e. The van der Waals surface area contributed by atoms with Crippen LogP contribution < -0.4 is 5.32 Å². The Morgan fingerprint density at radius 2 is 2.31 bits per heavy atom. The highest BCUT2D eigenvalue weighted by Crippen LogP contribution is 2.13. The van der Waals surface area contributed by atoms with Crippen molar-refractivity contribution in [3.8, 4) is 0 Å². The van der Waals surface area contributed by atoms with Crippen molar-refractivity contribution in [2.75, 3.05) is 11.9 Å². The van der Waals surface area contributed by atoms with E-state index in [0.717, 1.165) is 17.4 Å². The second-order valence-electron chi connectivity index (χ2n) is 4.04. The predicted molar refractivity (Wildman–Crippen MR) is 63.8 cm³/mol. The van der Waals surface area contributed by atoms with Gasteiger partial charge in [0.1, 0.15) is 5.82 Å². The molecule has 5 nitrogen and oxygen atoms in total. The van der Waals surface area contributed by atoms with E-state index in [1.165, 1.54) is 11.5 Å². The third-order valence-electron chi connectivity index (χ3n) is 1.90. The maximum absolute atomic E-state index is 10.3. The van der Waals surface area contributed by atoms with Gasteiger partial charge < -0.3 is 10.4 Å². The van der Waals surface area contributed by atoms with Gasteiger partial charge in [-0.25, -0.2) is 4.98 Å². The second-order valence-corrected chi connectivity index (χ2v) is 4.79. The average molecular weight is 243 g/mol. The summed E-state index contributed by atoms with van der Waals surface area (Å²) < 4.78 is 4.22. The van der Waals surface area contributed by atoms with Gasteiger partial charge in [-0.2, -0.15) is 4.37 Å². The first-order chi connectivity index (χ1) is 7.58. The number of aromatic nitrogens is 2. The van der Waals surface area contributed by atoms with E-state index in [1.807, 2.05) is 0 Å². The van der Waals surface area contributed by atoms with E-state index in [9.17, 15) is 4.79 Å². The van der Waals surface area contributed by atoms with E-state index in [2.05, 4.69) is 28.5 Å². The number of nitrogens with zero attached hydrogens (tertiary/aromatic N) is 2. The number of hydrogen-bond donors (Lipinski definition) is 2. The smallest absolute Gasteiger partial charge is 0.303 e. The molecule has 0 spiro atoms. The Hall–Kier alpha value is -1.17. The highest BCUT2D eigenvalue weighted by Gasteiger charge is 2.05. The molecule has 0 amide bonds. The van der Waals surface area contributed by atoms with Crippen molar-refractivity contribution in [3.63, 3.8) is 0 Å². The SMILES string of the molecule is CC(C)Cc1nsc(NCCCC(=O)O)n1. The molecule has 0 fully saturated rings. The summed E-state index contributed by atoms with van der Waals surface area (Å²) in [6, 6.07) is 0. The first kappa shape index (κ1) is 12.9. The molecule has 0 saturated heterocycles. The predicted octanol–water partition coefficient (Wildman–Crippen LogP) is 2.01. The molecule has 1 aromatic rings. The number of carbonyl (C=O) groups is 1. The lowest BCUT2D eigenvalue weighted by atomic mass is 10.1. The van der Waals surface area contributed by atoms with Crippen molar-refractivity contribution < 1.29 is 9.90 Å². The van der Waals surface area contributed by atoms with Crippen molar-refractivity contribution in [1.29, 1.82) is 0 Å². The summed E-state index contributed by atoms with van der Waals surface area (Å²) in [5.41, 5.74) is 0. The van der Waals surface area contributed by atoms with Crippen molar-refractivity contribution in [2.45, 2.75) is 33.1 Å². The van der Waals surface area contributed by atoms with Crippen LogP contribution in [0.25, 0.3) is 0 Å². The standard InChI is InChI=1S/C10H17N3O2S/c1-7(2)6-8-12-10(16-13-8)11-5-3-4-9(14)15/h7H,3-6H2,1-2H3,(H,14,15)(H,11,12,13). The molecule has 90 valence electrons. The second kappa shape index (κ2) is 6.42. The number of anilines is 1. The molecule has 0 atom stereocenters. The van der Waals surface area contributed by atoms with E-state index < -0.39 is 5.97 Å². The van der Waals surface area contributed by atoms with Gasteiger partial charge in [-0.05, 0) is 12.3 Å². The van der Waals surface area contributed by atoms with Crippen molar-refractivity contribution in [2.24, 2.45) is 5.92 Å². The maximum atomic E-state index is 10.3. The molecular weight excluding hydrogens is 226 g/mol. The van der Waals surface area contributed by atoms with Crippen molar-refractivity contribution in [3.05, 3.63) is 5.82 Å². The molecular formula is C10H17N3O2S. The molecule has 6 heteroatoms. The Morgan fingerprint density at radius 1 is 1.56 bits per heavy atom. The third-order valence-corrected chi connectivity index (χ3v) is 2.61. The molecule has 1 rings (SSSR count). The van der Waals surface area contributed by atoms with E-state index in [0.29, 0.717) is 18.9 Å². The Bertz CT molecular complexity index is 339. The number of aliphatic carboxylic acids is 1. The Morgan fingerprint density at radius 3 is 2.94 bits per heavy atom. The third kappa shape index (κ3) is 5.06. The van der Waals surface area contributed by atoms with Gasteiger partial charge in [-0.15, -0.1) is 0 Å². The van der Waals surface area contributed by atoms with Gasteiger partial charge >= 0.3 is 5.97 Å². The zero-order chi connectivity index (χ0) is 12.0. The van der Waals surface area contributed by atoms with Crippen molar-refractivity contribution >= 4 is 22.6 Å². The normalized spacial score (nSPS) is 10.7. The average Bonchev–Trinajstić information content (AvgIpc) is 2.59. The summed E-state index contributed by atoms with van der Waals surface area (Å²) in [6.45, 7) is 4.88. The van der Waals surface area contributed by atoms with Crippen molar-refractivity contribution in [1.82, 2.24) is 9.36 Å². The lowest BCUT2D eigenvalue weighted by Crippen LogP contribution is -2.04. The number of carboxylic acid groups (broad SMARTS) is 1. The van der Waals surface area contributed by atoms with E-state index in [1.54, 1.807) is 0 Å². The van der Waals surface area contributed by atoms with Crippen LogP contribution in [0.5, 0.6) is 0 Å². The lowest BCUT2D eigenvalue weighted by Gasteiger charge is -1.99. The summed E-state index contributed by atoms with van der Waals surface area (Å²) >= 11 is 1.33. The lowest BCUT2D eigenvalue weighted by molar-refractivity contribution is -0.137. The fraction of sp³-hybridized carbons (Fsp3) is 0.700. The Labute approximate surface area is 99.1 Å². The topological polar surface area (TPSA) is 75.1 Å². The van der Waals surface area contributed by atoms with E-state index in [-0.39, 0.29) is 6.42 Å². The van der Waals surface area contributed by atoms with Gasteiger partial charge in [0.25, 0.3) is 0 Å². The first-order valence-electron chi connectivity index (χ1n) is 5.36. The van der Waals surface area contributed by atoms with Gasteiger partial charge in [0.2, 0.25) is 5.13 Å². The van der Waals surface area contributed by atoms with Crippen LogP contribution in [0.1, 0.15) is 32.5 Å². The van der Waals surface area contributed by atoms with Gasteiger partial charge in [-0.3, -0.25) is 4.79 Å². The number of hydrogen-bond acceptors (Lipinski definition) is 5. The monoisotopic (exact) mass is 243 g/mol. The molecule has 0 unspecified atom stereocenters. The van der Waals surface area contributed by atoms with Crippen LogP contribution in [0.2, 0.25) is 0 Å². The number of carboxylic acids is 1. The Balaban J connectivity index is 2.26. The van der Waals surface area contributed by atoms with Crippen LogP contribution in [-0.4, -0.2) is 27.0 Å². The molecule has 0 radical (unpaired) electrons. The Kier molecular flexibility index (Phi) is 5.18. The van der Waals surface area contributed by atoms with Gasteiger partial charge in [0.15, 0.2) is 0 Å². The maximum Gasteiger partial charge on any atom is 0.303 e. The van der Waals surface area contributed by atoms with Crippen LogP contribution in [0.4, 0.5) is 5.13 Å². The summed E-state index contributed by atoms with van der Waals surface area (Å²) in [6.07, 6.45) is 1.67. The van der Waals surface area contributed by atoms with Gasteiger partial charge in [-0.1, -0.05) is 13.8 Å². The van der Waals surface area contributed by atoms with Crippen LogP contribution in [0.3, 0.4) is 0 Å². The minimum absolute atomic E-state index is 0.185. The highest BCUT2D eigenvalue weighted by molar-refractivity contribution is 7.09. The molecule has 1 aromatic heterocycles. The molecule has 16 heavy (non-hydrogen) atoms. The summed E-state index contributed by atoms with van der Waals surface area (Å²) in [5.74, 6) is 0.648. The number of rotatable bonds is 7. The highest BCUT2D eigenvalue weighted by atomic mass is 32.1. The quantitative estimate of drug-likeness (QED) is 0.716. The molecule has 0 saturated carbocycles. The van der Waals surface area contributed by atoms with Crippen LogP contribution in [0.15, 0.2) is 0 Å². The van der Waals surface area contributed by atoms with Crippen LogP contribution in [0, 0.1) is 5.92 Å². The van der Waals surface area contributed by atoms with Gasteiger partial charge in [0.05, 0.1) is 0 Å². The summed E-state index contributed by atoms with van der Waals surface area (Å²) in [7, 11) is 0. The zero-order valence-corrected chi connectivity index (χ0v) is 10.4. The number of nitrogens with one attached hydrogen (secondary N) is 1. The summed E-state index contributed by atoms with van der Waals surface area (Å²) in [5, 5.41) is 12.3. The van der Waals surface area contributed by atoms with E-state index >= 15 is 0 Å². The first-order valence-corrected chi connectivity index (χ1v) is 6.13. The summed E-state index contributed by atoms with van der Waals surface area (Å²) in [4.78, 5) is 14.6. The minimum atomic E-state index is -0.764.